The Morgan fingerprint density at radius 1 is 0.500 bits per heavy atom. The summed E-state index contributed by atoms with van der Waals surface area (Å²) in [7, 11) is -5.43. The Hall–Kier alpha value is -1.58. The Morgan fingerprint density at radius 3 is 1.50 bits per heavy atom. The van der Waals surface area contributed by atoms with Crippen molar-refractivity contribution < 1.29 is 136 Å². The molecule has 29 nitrogen and oxygen atoms in total. The van der Waals surface area contributed by atoms with E-state index >= 15 is 0 Å². The van der Waals surface area contributed by atoms with Crippen molar-refractivity contribution in [3.63, 3.8) is 0 Å². The molecule has 0 aromatic rings. The van der Waals surface area contributed by atoms with Gasteiger partial charge in [0.25, 0.3) is 0 Å². The lowest BCUT2D eigenvalue weighted by molar-refractivity contribution is -0.390. The molecule has 25 atom stereocenters. The Kier molecular flexibility index (Phi) is 17.7. The molecule has 0 bridgehead atoms. The van der Waals surface area contributed by atoms with Gasteiger partial charge in [-0.3, -0.25) is 9.35 Å². The molecule has 16 N–H and O–H groups in total. The molecule has 0 aromatic heterocycles. The summed E-state index contributed by atoms with van der Waals surface area (Å²) >= 11 is 0. The van der Waals surface area contributed by atoms with Crippen molar-refractivity contribution in [1.29, 1.82) is 0 Å². The largest absolute Gasteiger partial charge is 0.397 e. The van der Waals surface area contributed by atoms with Crippen LogP contribution in [0.4, 0.5) is 0 Å². The van der Waals surface area contributed by atoms with E-state index in [1.807, 2.05) is 0 Å². The van der Waals surface area contributed by atoms with E-state index in [1.165, 1.54) is 6.92 Å². The summed E-state index contributed by atoms with van der Waals surface area (Å²) in [6.45, 7) is -1.83. The summed E-state index contributed by atoms with van der Waals surface area (Å²) in [5.74, 6) is -0.906. The summed E-state index contributed by atoms with van der Waals surface area (Å²) in [6.07, 6.45) is -46.2. The van der Waals surface area contributed by atoms with Gasteiger partial charge in [0.2, 0.25) is 5.91 Å². The monoisotopic (exact) mass is 933 g/mol. The molecule has 5 saturated heterocycles. The van der Waals surface area contributed by atoms with E-state index in [0.29, 0.717) is 0 Å². The molecular formula is C32H55NO28S. The molecule has 0 aliphatic carbocycles. The average Bonchev–Trinajstić information content (AvgIpc) is 3.22. The normalized spacial score (nSPS) is 49.3. The number of carbonyl (C=O) groups excluding carboxylic acids is 1. The van der Waals surface area contributed by atoms with Crippen LogP contribution >= 0.6 is 0 Å². The molecule has 0 radical (unpaired) electrons. The quantitative estimate of drug-likeness (QED) is 0.0678. The van der Waals surface area contributed by atoms with Gasteiger partial charge < -0.3 is 119 Å². The number of hydrogen-bond donors (Lipinski definition) is 16. The minimum atomic E-state index is -5.43. The third kappa shape index (κ3) is 11.2. The summed E-state index contributed by atoms with van der Waals surface area (Å²) in [6, 6.07) is -1.85. The van der Waals surface area contributed by atoms with Crippen molar-refractivity contribution in [2.75, 3.05) is 26.4 Å². The molecule has 5 aliphatic rings. The highest BCUT2D eigenvalue weighted by Gasteiger charge is 2.58. The van der Waals surface area contributed by atoms with Gasteiger partial charge >= 0.3 is 10.4 Å². The van der Waals surface area contributed by atoms with E-state index in [2.05, 4.69) is 9.50 Å². The van der Waals surface area contributed by atoms with Gasteiger partial charge in [-0.1, -0.05) is 0 Å². The molecular weight excluding hydrogens is 878 g/mol. The van der Waals surface area contributed by atoms with Crippen LogP contribution in [0.3, 0.4) is 0 Å². The van der Waals surface area contributed by atoms with Crippen LogP contribution in [0.25, 0.3) is 0 Å². The number of carbonyl (C=O) groups is 1. The van der Waals surface area contributed by atoms with Gasteiger partial charge in [-0.15, -0.1) is 0 Å². The molecule has 1 amide bonds. The SMILES string of the molecule is CC(=O)N[C@H]1[C@H](O[C@@H]2[C@H](O)[C@@H](O)[C@H](O[C@H]3[C@H](O)[C@@H](O)C(O)O[C@@H]3CO)O[C@@H]2CO)O[C@H](CO)[C@@H](O[C@@H]2O[C@@H](C)[C@@H](O)[C@@H](O)[C@@H]2O)[C@@H]1O[C@@H]1O[C@H](CO)[C@H](O)[C@H](OS(=O)(=O)O)[C@H]1O. The second-order valence-corrected chi connectivity index (χ2v) is 16.2. The minimum absolute atomic E-state index is 0.888. The van der Waals surface area contributed by atoms with E-state index in [-0.39, 0.29) is 0 Å². The lowest BCUT2D eigenvalue weighted by Crippen LogP contribution is -2.71. The van der Waals surface area contributed by atoms with Gasteiger partial charge in [-0.25, -0.2) is 4.18 Å². The van der Waals surface area contributed by atoms with Crippen LogP contribution in [-0.4, -0.2) is 270 Å². The Labute approximate surface area is 351 Å². The maximum atomic E-state index is 12.8. The lowest BCUT2D eigenvalue weighted by atomic mass is 9.93. The zero-order chi connectivity index (χ0) is 46.1. The van der Waals surface area contributed by atoms with Crippen LogP contribution in [0.5, 0.6) is 0 Å². The molecule has 5 rings (SSSR count). The number of rotatable bonds is 15. The highest BCUT2D eigenvalue weighted by molar-refractivity contribution is 7.80. The third-order valence-electron chi connectivity index (χ3n) is 10.9. The highest BCUT2D eigenvalue weighted by atomic mass is 32.3. The first kappa shape index (κ1) is 51.4. The molecule has 5 heterocycles. The summed E-state index contributed by atoms with van der Waals surface area (Å²) in [5.41, 5.74) is 0. The van der Waals surface area contributed by atoms with Crippen molar-refractivity contribution in [2.24, 2.45) is 0 Å². The van der Waals surface area contributed by atoms with Gasteiger partial charge in [0.1, 0.15) is 116 Å². The summed E-state index contributed by atoms with van der Waals surface area (Å²) < 4.78 is 88.4. The molecule has 0 saturated carbocycles. The maximum absolute atomic E-state index is 12.8. The summed E-state index contributed by atoms with van der Waals surface area (Å²) in [5, 5.41) is 149. The van der Waals surface area contributed by atoms with Crippen molar-refractivity contribution in [2.45, 2.75) is 167 Å². The van der Waals surface area contributed by atoms with E-state index in [9.17, 15) is 89.3 Å². The van der Waals surface area contributed by atoms with Crippen molar-refractivity contribution in [1.82, 2.24) is 5.32 Å². The standard InChI is InChI=1S/C32H55NO28S/c1-7-14(39)16(41)20(45)30(52-7)59-25-12(6-37)55-29(13(33-8(2)38)26(25)60-32-22(47)27(61-62(49,50)51)15(40)9(3-34)54-32)57-24-11(5-36)56-31(21(46)18(24)43)58-23-10(4-35)53-28(48)19(44)17(23)42/h7,9-32,34-37,39-48H,3-6H2,1-2H3,(H,33,38)(H,49,50,51)/t7-,9+,10+,11+,12+,13+,14+,15-,16+,17+,18+,19+,20-,21+,22+,23+,24-,25+,26+,27-,28?,29-,30-,31-,32-/m0/s1. The second kappa shape index (κ2) is 21.4. The summed E-state index contributed by atoms with van der Waals surface area (Å²) in [4.78, 5) is 12.8. The topological polar surface area (TPSA) is 459 Å². The molecule has 0 spiro atoms. The van der Waals surface area contributed by atoms with Crippen molar-refractivity contribution >= 4 is 16.3 Å². The minimum Gasteiger partial charge on any atom is -0.394 e. The highest BCUT2D eigenvalue weighted by Crippen LogP contribution is 2.37. The average molecular weight is 934 g/mol. The van der Waals surface area contributed by atoms with Crippen molar-refractivity contribution in [3.05, 3.63) is 0 Å². The Bertz CT molecular complexity index is 1550. The number of hydrogen-bond acceptors (Lipinski definition) is 27. The first-order chi connectivity index (χ1) is 29.1. The maximum Gasteiger partial charge on any atom is 0.397 e. The fourth-order valence-corrected chi connectivity index (χ4v) is 8.12. The molecule has 5 aliphatic heterocycles. The van der Waals surface area contributed by atoms with Gasteiger partial charge in [0.05, 0.1) is 32.5 Å². The lowest BCUT2D eigenvalue weighted by Gasteiger charge is -2.51. The van der Waals surface area contributed by atoms with Crippen LogP contribution in [0.1, 0.15) is 13.8 Å². The van der Waals surface area contributed by atoms with Crippen molar-refractivity contribution in [3.8, 4) is 0 Å². The first-order valence-corrected chi connectivity index (χ1v) is 20.5. The molecule has 1 unspecified atom stereocenters. The van der Waals surface area contributed by atoms with Crippen LogP contribution < -0.4 is 5.32 Å². The first-order valence-electron chi connectivity index (χ1n) is 19.1. The predicted octanol–water partition coefficient (Wildman–Crippen LogP) is -10.9. The number of ether oxygens (including phenoxy) is 9. The van der Waals surface area contributed by atoms with E-state index in [4.69, 9.17) is 42.6 Å². The van der Waals surface area contributed by atoms with E-state index < -0.39 is 196 Å². The molecule has 62 heavy (non-hydrogen) atoms. The fraction of sp³-hybridized carbons (Fsp3) is 0.969. The Morgan fingerprint density at radius 2 is 0.935 bits per heavy atom. The third-order valence-corrected chi connectivity index (χ3v) is 11.3. The van der Waals surface area contributed by atoms with Crippen LogP contribution in [-0.2, 0) is 62.0 Å². The number of nitrogens with one attached hydrogen (secondary N) is 1. The predicted molar refractivity (Wildman–Crippen MR) is 187 cm³/mol. The second-order valence-electron chi connectivity index (χ2n) is 15.2. The fourth-order valence-electron chi connectivity index (χ4n) is 7.61. The zero-order valence-electron chi connectivity index (χ0n) is 32.7. The zero-order valence-corrected chi connectivity index (χ0v) is 33.5. The number of aliphatic hydroxyl groups is 14. The smallest absolute Gasteiger partial charge is 0.394 e. The van der Waals surface area contributed by atoms with E-state index in [1.54, 1.807) is 0 Å². The van der Waals surface area contributed by atoms with Crippen LogP contribution in [0, 0.1) is 0 Å². The molecule has 5 fully saturated rings. The number of amides is 1. The van der Waals surface area contributed by atoms with Gasteiger partial charge in [-0.05, 0) is 6.92 Å². The van der Waals surface area contributed by atoms with E-state index in [0.717, 1.165) is 6.92 Å². The van der Waals surface area contributed by atoms with Crippen LogP contribution in [0.15, 0.2) is 0 Å². The molecule has 30 heteroatoms. The number of aliphatic hydroxyl groups excluding tert-OH is 14. The molecule has 362 valence electrons. The van der Waals surface area contributed by atoms with Gasteiger partial charge in [0.15, 0.2) is 31.5 Å². The molecule has 0 aromatic carbocycles. The van der Waals surface area contributed by atoms with Crippen LogP contribution in [0.2, 0.25) is 0 Å². The Balaban J connectivity index is 1.49. The van der Waals surface area contributed by atoms with Gasteiger partial charge in [-0.2, -0.15) is 8.42 Å². The van der Waals surface area contributed by atoms with Gasteiger partial charge in [0, 0.05) is 6.92 Å².